The number of hydrogen-bond acceptors (Lipinski definition) is 3. The van der Waals surface area contributed by atoms with Crippen molar-refractivity contribution in [3.63, 3.8) is 0 Å². The Kier molecular flexibility index (Phi) is 8.20. The van der Waals surface area contributed by atoms with Crippen LogP contribution in [0.25, 0.3) is 11.3 Å². The zero-order chi connectivity index (χ0) is 17.3. The highest BCUT2D eigenvalue weighted by atomic mass is 127. The van der Waals surface area contributed by atoms with Crippen molar-refractivity contribution in [2.45, 2.75) is 20.0 Å². The van der Waals surface area contributed by atoms with E-state index < -0.39 is 0 Å². The van der Waals surface area contributed by atoms with E-state index in [4.69, 9.17) is 4.52 Å². The molecule has 0 amide bonds. The van der Waals surface area contributed by atoms with Gasteiger partial charge in [-0.15, -0.1) is 24.0 Å². The number of hydrogen-bond donors (Lipinski definition) is 2. The van der Waals surface area contributed by atoms with Crippen molar-refractivity contribution < 1.29 is 4.52 Å². The van der Waals surface area contributed by atoms with Gasteiger partial charge in [0, 0.05) is 43.7 Å². The maximum absolute atomic E-state index is 5.41. The summed E-state index contributed by atoms with van der Waals surface area (Å²) in [6.45, 7) is 5.01. The average molecular weight is 465 g/mol. The molecule has 0 bridgehead atoms. The summed E-state index contributed by atoms with van der Waals surface area (Å²) in [7, 11) is 0. The molecule has 0 saturated heterocycles. The minimum absolute atomic E-state index is 0. The molecule has 0 saturated carbocycles. The average Bonchev–Trinajstić information content (AvgIpc) is 3.32. The standard InChI is InChI=1S/C19H23N5O.HI/c1-2-20-19(21-10-13-24-11-6-7-12-24)22-15-17-14-18(25-23-17)16-8-4-3-5-9-16;/h3-9,11-12,14H,2,10,13,15H2,1H3,(H2,20,21,22);1H. The molecule has 2 N–H and O–H groups in total. The van der Waals surface area contributed by atoms with E-state index in [0.29, 0.717) is 6.54 Å². The first-order chi connectivity index (χ1) is 12.3. The first kappa shape index (κ1) is 20.0. The molecule has 0 atom stereocenters. The molecule has 3 rings (SSSR count). The van der Waals surface area contributed by atoms with Crippen LogP contribution in [0, 0.1) is 0 Å². The summed E-state index contributed by atoms with van der Waals surface area (Å²) in [5.41, 5.74) is 1.82. The highest BCUT2D eigenvalue weighted by Crippen LogP contribution is 2.19. The van der Waals surface area contributed by atoms with Gasteiger partial charge in [0.2, 0.25) is 0 Å². The molecule has 7 heteroatoms. The summed E-state index contributed by atoms with van der Waals surface area (Å²) in [6.07, 6.45) is 4.10. The number of benzene rings is 1. The molecule has 26 heavy (non-hydrogen) atoms. The number of aliphatic imine (C=N–C) groups is 1. The van der Waals surface area contributed by atoms with Crippen LogP contribution in [0.5, 0.6) is 0 Å². The van der Waals surface area contributed by atoms with Gasteiger partial charge in [-0.1, -0.05) is 35.5 Å². The van der Waals surface area contributed by atoms with Crippen LogP contribution in [-0.2, 0) is 13.1 Å². The van der Waals surface area contributed by atoms with Crippen LogP contribution in [0.2, 0.25) is 0 Å². The Morgan fingerprint density at radius 3 is 2.62 bits per heavy atom. The van der Waals surface area contributed by atoms with Crippen LogP contribution in [-0.4, -0.2) is 28.8 Å². The van der Waals surface area contributed by atoms with Crippen LogP contribution < -0.4 is 10.6 Å². The van der Waals surface area contributed by atoms with Gasteiger partial charge in [-0.25, -0.2) is 4.99 Å². The minimum atomic E-state index is 0. The highest BCUT2D eigenvalue weighted by Gasteiger charge is 2.06. The lowest BCUT2D eigenvalue weighted by atomic mass is 10.2. The molecule has 1 aromatic carbocycles. The Balaban J connectivity index is 0.00000243. The third-order valence-electron chi connectivity index (χ3n) is 3.69. The molecule has 0 aliphatic rings. The van der Waals surface area contributed by atoms with Crippen molar-refractivity contribution in [2.24, 2.45) is 4.99 Å². The van der Waals surface area contributed by atoms with Crippen molar-refractivity contribution in [1.82, 2.24) is 20.4 Å². The molecule has 138 valence electrons. The molecule has 0 fully saturated rings. The molecule has 3 aromatic rings. The van der Waals surface area contributed by atoms with Gasteiger partial charge in [-0.05, 0) is 19.1 Å². The van der Waals surface area contributed by atoms with Crippen molar-refractivity contribution in [3.05, 3.63) is 66.6 Å². The number of nitrogens with zero attached hydrogens (tertiary/aromatic N) is 3. The van der Waals surface area contributed by atoms with Crippen LogP contribution in [0.15, 0.2) is 70.4 Å². The predicted octanol–water partition coefficient (Wildman–Crippen LogP) is 3.52. The van der Waals surface area contributed by atoms with Gasteiger partial charge < -0.3 is 19.7 Å². The molecule has 0 aliphatic heterocycles. The lowest BCUT2D eigenvalue weighted by Gasteiger charge is -2.11. The first-order valence-electron chi connectivity index (χ1n) is 8.49. The second-order valence-corrected chi connectivity index (χ2v) is 5.59. The first-order valence-corrected chi connectivity index (χ1v) is 8.49. The van der Waals surface area contributed by atoms with Crippen molar-refractivity contribution in [3.8, 4) is 11.3 Å². The van der Waals surface area contributed by atoms with E-state index >= 15 is 0 Å². The molecular weight excluding hydrogens is 441 g/mol. The SMILES string of the molecule is CCNC(=NCc1cc(-c2ccccc2)on1)NCCn1cccc1.I. The molecule has 0 aliphatic carbocycles. The van der Waals surface area contributed by atoms with Crippen LogP contribution >= 0.6 is 24.0 Å². The quantitative estimate of drug-likeness (QED) is 0.319. The lowest BCUT2D eigenvalue weighted by molar-refractivity contribution is 0.424. The largest absolute Gasteiger partial charge is 0.357 e. The van der Waals surface area contributed by atoms with Crippen LogP contribution in [0.3, 0.4) is 0 Å². The summed E-state index contributed by atoms with van der Waals surface area (Å²) in [4.78, 5) is 4.57. The minimum Gasteiger partial charge on any atom is -0.357 e. The number of nitrogens with one attached hydrogen (secondary N) is 2. The smallest absolute Gasteiger partial charge is 0.191 e. The molecular formula is C19H24IN5O. The van der Waals surface area contributed by atoms with Crippen molar-refractivity contribution in [2.75, 3.05) is 13.1 Å². The van der Waals surface area contributed by atoms with Crippen molar-refractivity contribution >= 4 is 29.9 Å². The summed E-state index contributed by atoms with van der Waals surface area (Å²) in [5, 5.41) is 10.7. The van der Waals surface area contributed by atoms with Crippen molar-refractivity contribution in [1.29, 1.82) is 0 Å². The molecule has 0 spiro atoms. The summed E-state index contributed by atoms with van der Waals surface area (Å²) in [5.74, 6) is 1.54. The van der Waals surface area contributed by atoms with Gasteiger partial charge in [0.05, 0.1) is 6.54 Å². The Morgan fingerprint density at radius 1 is 1.12 bits per heavy atom. The number of rotatable bonds is 7. The third-order valence-corrected chi connectivity index (χ3v) is 3.69. The zero-order valence-corrected chi connectivity index (χ0v) is 17.1. The van der Waals surface area contributed by atoms with Gasteiger partial charge in [0.25, 0.3) is 0 Å². The fraction of sp³-hybridized carbons (Fsp3) is 0.263. The lowest BCUT2D eigenvalue weighted by Crippen LogP contribution is -2.38. The van der Waals surface area contributed by atoms with Crippen LogP contribution in [0.4, 0.5) is 0 Å². The van der Waals surface area contributed by atoms with Gasteiger partial charge >= 0.3 is 0 Å². The summed E-state index contributed by atoms with van der Waals surface area (Å²) in [6, 6.07) is 15.9. The topological polar surface area (TPSA) is 67.4 Å². The highest BCUT2D eigenvalue weighted by molar-refractivity contribution is 14.0. The fourth-order valence-corrected chi connectivity index (χ4v) is 2.45. The molecule has 0 unspecified atom stereocenters. The van der Waals surface area contributed by atoms with E-state index in [1.807, 2.05) is 67.8 Å². The Bertz CT molecular complexity index is 783. The zero-order valence-electron chi connectivity index (χ0n) is 14.8. The molecule has 6 nitrogen and oxygen atoms in total. The normalized spacial score (nSPS) is 11.0. The predicted molar refractivity (Wildman–Crippen MR) is 115 cm³/mol. The number of halogens is 1. The fourth-order valence-electron chi connectivity index (χ4n) is 2.45. The van der Waals surface area contributed by atoms with Gasteiger partial charge in [-0.2, -0.15) is 0 Å². The number of aromatic nitrogens is 2. The Hall–Kier alpha value is -2.29. The Morgan fingerprint density at radius 2 is 1.88 bits per heavy atom. The number of guanidine groups is 1. The maximum atomic E-state index is 5.41. The van der Waals surface area contributed by atoms with E-state index in [0.717, 1.165) is 42.6 Å². The third kappa shape index (κ3) is 5.91. The van der Waals surface area contributed by atoms with E-state index in [2.05, 4.69) is 25.3 Å². The Labute approximate surface area is 170 Å². The van der Waals surface area contributed by atoms with E-state index in [1.165, 1.54) is 0 Å². The molecule has 2 heterocycles. The van der Waals surface area contributed by atoms with E-state index in [9.17, 15) is 0 Å². The maximum Gasteiger partial charge on any atom is 0.191 e. The summed E-state index contributed by atoms with van der Waals surface area (Å²) < 4.78 is 7.53. The van der Waals surface area contributed by atoms with E-state index in [-0.39, 0.29) is 24.0 Å². The molecule has 2 aromatic heterocycles. The second kappa shape index (κ2) is 10.6. The van der Waals surface area contributed by atoms with E-state index in [1.54, 1.807) is 0 Å². The second-order valence-electron chi connectivity index (χ2n) is 5.59. The monoisotopic (exact) mass is 465 g/mol. The molecule has 0 radical (unpaired) electrons. The van der Waals surface area contributed by atoms with Gasteiger partial charge in [0.15, 0.2) is 11.7 Å². The van der Waals surface area contributed by atoms with Gasteiger partial charge in [-0.3, -0.25) is 0 Å². The summed E-state index contributed by atoms with van der Waals surface area (Å²) >= 11 is 0. The van der Waals surface area contributed by atoms with Crippen LogP contribution in [0.1, 0.15) is 12.6 Å². The van der Waals surface area contributed by atoms with Gasteiger partial charge in [0.1, 0.15) is 5.69 Å².